The first-order chi connectivity index (χ1) is 15.0. The lowest BCUT2D eigenvalue weighted by Gasteiger charge is -2.24. The lowest BCUT2D eigenvalue weighted by atomic mass is 9.88. The first-order valence-electron chi connectivity index (χ1n) is 9.69. The molecule has 7 heteroatoms. The normalized spacial score (nSPS) is 15.0. The lowest BCUT2D eigenvalue weighted by Crippen LogP contribution is -2.22. The van der Waals surface area contributed by atoms with Crippen molar-refractivity contribution in [2.45, 2.75) is 12.3 Å². The molecule has 1 aliphatic rings. The van der Waals surface area contributed by atoms with Crippen molar-refractivity contribution in [1.29, 1.82) is 0 Å². The zero-order valence-electron chi connectivity index (χ0n) is 16.9. The van der Waals surface area contributed by atoms with Gasteiger partial charge in [0.05, 0.1) is 12.8 Å². The van der Waals surface area contributed by atoms with Crippen LogP contribution in [-0.2, 0) is 4.79 Å². The van der Waals surface area contributed by atoms with Crippen LogP contribution in [0.25, 0.3) is 11.1 Å². The molecule has 0 fully saturated rings. The molecule has 1 amide bonds. The quantitative estimate of drug-likeness (QED) is 0.501. The average Bonchev–Trinajstić information content (AvgIpc) is 3.17. The molecule has 158 valence electrons. The standard InChI is InChI=1S/C24H21NO5S/c1-3-12-30-17-10-4-14(5-11-17)18-13-19(26)25-21-20(23(24(27)28)31-22(18)21)15-6-8-16(29-2)9-7-15/h3-11,18H,1,12-13H2,2H3,(H,25,26)(H,27,28)/t18-/m1/s1. The van der Waals surface area contributed by atoms with Crippen LogP contribution in [0, 0.1) is 0 Å². The minimum Gasteiger partial charge on any atom is -0.497 e. The highest BCUT2D eigenvalue weighted by atomic mass is 32.1. The number of hydrogen-bond donors (Lipinski definition) is 2. The van der Waals surface area contributed by atoms with Gasteiger partial charge in [-0.25, -0.2) is 4.79 Å². The number of fused-ring (bicyclic) bond motifs is 1. The molecule has 0 saturated heterocycles. The van der Waals surface area contributed by atoms with Crippen LogP contribution in [0.5, 0.6) is 11.5 Å². The number of ether oxygens (including phenoxy) is 2. The fraction of sp³-hybridized carbons (Fsp3) is 0.167. The fourth-order valence-corrected chi connectivity index (χ4v) is 4.94. The molecular weight excluding hydrogens is 414 g/mol. The van der Waals surface area contributed by atoms with Crippen LogP contribution < -0.4 is 14.8 Å². The van der Waals surface area contributed by atoms with E-state index in [1.807, 2.05) is 24.3 Å². The third kappa shape index (κ3) is 4.04. The van der Waals surface area contributed by atoms with Gasteiger partial charge in [0.25, 0.3) is 0 Å². The van der Waals surface area contributed by atoms with Gasteiger partial charge in [-0.2, -0.15) is 0 Å². The first-order valence-corrected chi connectivity index (χ1v) is 10.5. The highest BCUT2D eigenvalue weighted by molar-refractivity contribution is 7.15. The van der Waals surface area contributed by atoms with E-state index in [1.54, 1.807) is 37.5 Å². The van der Waals surface area contributed by atoms with Crippen LogP contribution in [-0.4, -0.2) is 30.7 Å². The van der Waals surface area contributed by atoms with Crippen molar-refractivity contribution >= 4 is 28.9 Å². The van der Waals surface area contributed by atoms with E-state index in [1.165, 1.54) is 11.3 Å². The van der Waals surface area contributed by atoms with E-state index < -0.39 is 5.97 Å². The molecule has 2 aromatic carbocycles. The minimum absolute atomic E-state index is 0.144. The number of carboxylic acid groups (broad SMARTS) is 1. The summed E-state index contributed by atoms with van der Waals surface area (Å²) >= 11 is 1.21. The van der Waals surface area contributed by atoms with Crippen LogP contribution in [0.3, 0.4) is 0 Å². The number of carbonyl (C=O) groups is 2. The van der Waals surface area contributed by atoms with Gasteiger partial charge in [-0.05, 0) is 35.4 Å². The van der Waals surface area contributed by atoms with E-state index in [-0.39, 0.29) is 23.1 Å². The number of methoxy groups -OCH3 is 1. The number of amides is 1. The van der Waals surface area contributed by atoms with E-state index in [9.17, 15) is 14.7 Å². The molecule has 0 bridgehead atoms. The van der Waals surface area contributed by atoms with E-state index in [2.05, 4.69) is 11.9 Å². The maximum Gasteiger partial charge on any atom is 0.346 e. The third-order valence-corrected chi connectivity index (χ3v) is 6.42. The molecule has 31 heavy (non-hydrogen) atoms. The number of carboxylic acids is 1. The van der Waals surface area contributed by atoms with Gasteiger partial charge in [0, 0.05) is 22.8 Å². The monoisotopic (exact) mass is 435 g/mol. The van der Waals surface area contributed by atoms with Gasteiger partial charge in [-0.1, -0.05) is 36.9 Å². The third-order valence-electron chi connectivity index (χ3n) is 5.13. The van der Waals surface area contributed by atoms with Gasteiger partial charge in [-0.15, -0.1) is 11.3 Å². The maximum atomic E-state index is 12.6. The van der Waals surface area contributed by atoms with Crippen LogP contribution in [0.15, 0.2) is 61.2 Å². The smallest absolute Gasteiger partial charge is 0.346 e. The summed E-state index contributed by atoms with van der Waals surface area (Å²) in [5.74, 6) is -0.0152. The number of thiophene rings is 1. The highest BCUT2D eigenvalue weighted by Crippen LogP contribution is 2.49. The largest absolute Gasteiger partial charge is 0.497 e. The molecule has 4 rings (SSSR count). The number of aromatic carboxylic acids is 1. The van der Waals surface area contributed by atoms with Crippen molar-refractivity contribution in [3.63, 3.8) is 0 Å². The number of benzene rings is 2. The Morgan fingerprint density at radius 3 is 2.48 bits per heavy atom. The lowest BCUT2D eigenvalue weighted by molar-refractivity contribution is -0.116. The number of nitrogens with one attached hydrogen (secondary N) is 1. The van der Waals surface area contributed by atoms with E-state index in [0.717, 1.165) is 10.4 Å². The topological polar surface area (TPSA) is 84.9 Å². The van der Waals surface area contributed by atoms with Gasteiger partial charge >= 0.3 is 5.97 Å². The first kappa shape index (κ1) is 20.7. The van der Waals surface area contributed by atoms with Crippen LogP contribution >= 0.6 is 11.3 Å². The van der Waals surface area contributed by atoms with Gasteiger partial charge < -0.3 is 19.9 Å². The molecule has 0 saturated carbocycles. The Morgan fingerprint density at radius 2 is 1.87 bits per heavy atom. The highest BCUT2D eigenvalue weighted by Gasteiger charge is 2.34. The van der Waals surface area contributed by atoms with Gasteiger partial charge in [0.15, 0.2) is 0 Å². The second-order valence-corrected chi connectivity index (χ2v) is 8.10. The predicted octanol–water partition coefficient (Wildman–Crippen LogP) is 5.16. The van der Waals surface area contributed by atoms with Crippen molar-refractivity contribution in [2.24, 2.45) is 0 Å². The van der Waals surface area contributed by atoms with Crippen LogP contribution in [0.1, 0.15) is 32.5 Å². The van der Waals surface area contributed by atoms with Gasteiger partial charge in [-0.3, -0.25) is 4.79 Å². The summed E-state index contributed by atoms with van der Waals surface area (Å²) in [6, 6.07) is 14.7. The molecule has 1 aliphatic heterocycles. The molecule has 0 aliphatic carbocycles. The Morgan fingerprint density at radius 1 is 1.19 bits per heavy atom. The van der Waals surface area contributed by atoms with E-state index >= 15 is 0 Å². The molecule has 1 aromatic heterocycles. The molecule has 0 radical (unpaired) electrons. The predicted molar refractivity (Wildman–Crippen MR) is 120 cm³/mol. The second kappa shape index (κ2) is 8.65. The fourth-order valence-electron chi connectivity index (χ4n) is 3.69. The van der Waals surface area contributed by atoms with Crippen molar-refractivity contribution in [3.8, 4) is 22.6 Å². The maximum absolute atomic E-state index is 12.6. The zero-order valence-corrected chi connectivity index (χ0v) is 17.7. The summed E-state index contributed by atoms with van der Waals surface area (Å²) < 4.78 is 10.7. The molecule has 2 N–H and O–H groups in total. The van der Waals surface area contributed by atoms with E-state index in [4.69, 9.17) is 9.47 Å². The Labute approximate surface area is 183 Å². The molecule has 6 nitrogen and oxygen atoms in total. The average molecular weight is 436 g/mol. The molecule has 3 aromatic rings. The summed E-state index contributed by atoms with van der Waals surface area (Å²) in [4.78, 5) is 25.7. The van der Waals surface area contributed by atoms with Gasteiger partial charge in [0.1, 0.15) is 23.0 Å². The van der Waals surface area contributed by atoms with Crippen molar-refractivity contribution in [3.05, 3.63) is 76.5 Å². The molecular formula is C24H21NO5S. The number of carbonyl (C=O) groups excluding carboxylic acids is 1. The van der Waals surface area contributed by atoms with Crippen LogP contribution in [0.2, 0.25) is 0 Å². The molecule has 0 unspecified atom stereocenters. The molecule has 2 heterocycles. The minimum atomic E-state index is -1.02. The Balaban J connectivity index is 1.79. The Kier molecular flexibility index (Phi) is 5.77. The summed E-state index contributed by atoms with van der Waals surface area (Å²) in [5, 5.41) is 12.8. The number of hydrogen-bond acceptors (Lipinski definition) is 5. The van der Waals surface area contributed by atoms with Crippen molar-refractivity contribution in [2.75, 3.05) is 19.0 Å². The second-order valence-electron chi connectivity index (χ2n) is 7.05. The summed E-state index contributed by atoms with van der Waals surface area (Å²) in [7, 11) is 1.57. The summed E-state index contributed by atoms with van der Waals surface area (Å²) in [6.45, 7) is 4.05. The Bertz CT molecular complexity index is 1130. The van der Waals surface area contributed by atoms with E-state index in [0.29, 0.717) is 34.9 Å². The van der Waals surface area contributed by atoms with Crippen molar-refractivity contribution < 1.29 is 24.2 Å². The SMILES string of the molecule is C=CCOc1ccc([C@H]2CC(=O)Nc3c2sc(C(=O)O)c3-c2ccc(OC)cc2)cc1. The summed E-state index contributed by atoms with van der Waals surface area (Å²) in [6.07, 6.45) is 1.92. The zero-order chi connectivity index (χ0) is 22.0. The number of rotatable bonds is 7. The number of anilines is 1. The molecule has 1 atom stereocenters. The molecule has 0 spiro atoms. The Hall–Kier alpha value is -3.58. The van der Waals surface area contributed by atoms with Gasteiger partial charge in [0.2, 0.25) is 5.91 Å². The summed E-state index contributed by atoms with van der Waals surface area (Å²) in [5.41, 5.74) is 2.74. The van der Waals surface area contributed by atoms with Crippen LogP contribution in [0.4, 0.5) is 5.69 Å². The van der Waals surface area contributed by atoms with Crippen molar-refractivity contribution in [1.82, 2.24) is 0 Å².